The third-order valence-corrected chi connectivity index (χ3v) is 3.00. The van der Waals surface area contributed by atoms with Gasteiger partial charge < -0.3 is 21.7 Å². The monoisotopic (exact) mass is 229 g/mol. The number of hydrogen-bond donors (Lipinski definition) is 4. The summed E-state index contributed by atoms with van der Waals surface area (Å²) in [7, 11) is 0. The second-order valence-electron chi connectivity index (χ2n) is 4.26. The molecule has 1 aliphatic rings. The Balaban J connectivity index is 2.30. The van der Waals surface area contributed by atoms with Gasteiger partial charge >= 0.3 is 0 Å². The van der Waals surface area contributed by atoms with E-state index < -0.39 is 0 Å². The van der Waals surface area contributed by atoms with Gasteiger partial charge in [0.25, 0.3) is 0 Å². The molecule has 0 amide bonds. The SMILES string of the molecule is CCC(N)N1CCNCCNCCNCC1. The smallest absolute Gasteiger partial charge is 0.0570 e. The Morgan fingerprint density at radius 3 is 1.81 bits per heavy atom. The maximum Gasteiger partial charge on any atom is 0.0570 e. The van der Waals surface area contributed by atoms with Gasteiger partial charge in [0.15, 0.2) is 0 Å². The Labute approximate surface area is 99.1 Å². The van der Waals surface area contributed by atoms with Crippen LogP contribution in [0.4, 0.5) is 0 Å². The molecule has 1 saturated heterocycles. The molecule has 1 rings (SSSR count). The minimum absolute atomic E-state index is 0.199. The zero-order valence-electron chi connectivity index (χ0n) is 10.5. The number of hydrogen-bond acceptors (Lipinski definition) is 5. The van der Waals surface area contributed by atoms with E-state index in [-0.39, 0.29) is 6.17 Å². The molecule has 1 aliphatic heterocycles. The predicted octanol–water partition coefficient (Wildman–Crippen LogP) is -1.23. The summed E-state index contributed by atoms with van der Waals surface area (Å²) in [6.07, 6.45) is 1.21. The highest BCUT2D eigenvalue weighted by molar-refractivity contribution is 4.68. The van der Waals surface area contributed by atoms with Gasteiger partial charge in [-0.25, -0.2) is 0 Å². The molecule has 0 aromatic heterocycles. The van der Waals surface area contributed by atoms with E-state index in [4.69, 9.17) is 5.73 Å². The molecule has 0 aromatic carbocycles. The summed E-state index contributed by atoms with van der Waals surface area (Å²) >= 11 is 0. The van der Waals surface area contributed by atoms with Crippen molar-refractivity contribution in [3.8, 4) is 0 Å². The van der Waals surface area contributed by atoms with Crippen molar-refractivity contribution >= 4 is 0 Å². The summed E-state index contributed by atoms with van der Waals surface area (Å²) in [5.74, 6) is 0. The second kappa shape index (κ2) is 8.90. The standard InChI is InChI=1S/C11H27N5/c1-2-11(12)16-9-7-14-5-3-13-4-6-15-8-10-16/h11,13-15H,2-10,12H2,1H3. The fourth-order valence-electron chi connectivity index (χ4n) is 1.88. The summed E-state index contributed by atoms with van der Waals surface area (Å²) in [5.41, 5.74) is 6.09. The molecule has 1 unspecified atom stereocenters. The van der Waals surface area contributed by atoms with Crippen molar-refractivity contribution < 1.29 is 0 Å². The molecule has 0 aromatic rings. The molecule has 1 fully saturated rings. The van der Waals surface area contributed by atoms with Crippen LogP contribution in [0.15, 0.2) is 0 Å². The van der Waals surface area contributed by atoms with E-state index >= 15 is 0 Å². The average Bonchev–Trinajstić information content (AvgIpc) is 2.29. The van der Waals surface area contributed by atoms with Crippen molar-refractivity contribution in [2.75, 3.05) is 52.4 Å². The van der Waals surface area contributed by atoms with Gasteiger partial charge in [-0.1, -0.05) is 6.92 Å². The first kappa shape index (κ1) is 13.9. The second-order valence-corrected chi connectivity index (χ2v) is 4.26. The van der Waals surface area contributed by atoms with Crippen LogP contribution in [-0.4, -0.2) is 63.4 Å². The third kappa shape index (κ3) is 5.77. The first-order chi connectivity index (χ1) is 7.84. The lowest BCUT2D eigenvalue weighted by atomic mass is 10.3. The first-order valence-electron chi connectivity index (χ1n) is 6.46. The van der Waals surface area contributed by atoms with Crippen molar-refractivity contribution in [1.82, 2.24) is 20.9 Å². The lowest BCUT2D eigenvalue weighted by molar-refractivity contribution is 0.195. The maximum atomic E-state index is 6.09. The van der Waals surface area contributed by atoms with Gasteiger partial charge in [0.05, 0.1) is 6.17 Å². The highest BCUT2D eigenvalue weighted by Gasteiger charge is 2.11. The quantitative estimate of drug-likeness (QED) is 0.477. The molecule has 16 heavy (non-hydrogen) atoms. The molecule has 0 radical (unpaired) electrons. The van der Waals surface area contributed by atoms with E-state index in [0.717, 1.165) is 58.8 Å². The minimum atomic E-state index is 0.199. The van der Waals surface area contributed by atoms with Crippen LogP contribution in [0, 0.1) is 0 Å². The normalized spacial score (nSPS) is 24.4. The lowest BCUT2D eigenvalue weighted by Crippen LogP contribution is -2.48. The van der Waals surface area contributed by atoms with Crippen LogP contribution in [0.2, 0.25) is 0 Å². The highest BCUT2D eigenvalue weighted by Crippen LogP contribution is 1.96. The van der Waals surface area contributed by atoms with E-state index in [1.807, 2.05) is 0 Å². The minimum Gasteiger partial charge on any atom is -0.316 e. The van der Waals surface area contributed by atoms with Crippen LogP contribution in [0.1, 0.15) is 13.3 Å². The Bertz CT molecular complexity index is 152. The maximum absolute atomic E-state index is 6.09. The summed E-state index contributed by atoms with van der Waals surface area (Å²) in [4.78, 5) is 2.36. The van der Waals surface area contributed by atoms with Crippen LogP contribution in [0.5, 0.6) is 0 Å². The first-order valence-corrected chi connectivity index (χ1v) is 6.46. The summed E-state index contributed by atoms with van der Waals surface area (Å²) in [6, 6.07) is 0. The van der Waals surface area contributed by atoms with Crippen LogP contribution < -0.4 is 21.7 Å². The zero-order valence-corrected chi connectivity index (χ0v) is 10.5. The van der Waals surface area contributed by atoms with Crippen molar-refractivity contribution in [3.63, 3.8) is 0 Å². The van der Waals surface area contributed by atoms with Gasteiger partial charge in [-0.15, -0.1) is 0 Å². The van der Waals surface area contributed by atoms with Crippen molar-refractivity contribution in [1.29, 1.82) is 0 Å². The van der Waals surface area contributed by atoms with Crippen LogP contribution >= 0.6 is 0 Å². The largest absolute Gasteiger partial charge is 0.316 e. The molecule has 0 aliphatic carbocycles. The van der Waals surface area contributed by atoms with E-state index in [9.17, 15) is 0 Å². The fourth-order valence-corrected chi connectivity index (χ4v) is 1.88. The van der Waals surface area contributed by atoms with Crippen molar-refractivity contribution in [2.24, 2.45) is 5.73 Å². The molecular formula is C11H27N5. The summed E-state index contributed by atoms with van der Waals surface area (Å²) in [5, 5.41) is 10.2. The molecule has 0 spiro atoms. The molecule has 5 N–H and O–H groups in total. The van der Waals surface area contributed by atoms with Gasteiger partial charge in [0, 0.05) is 52.4 Å². The number of rotatable bonds is 2. The molecule has 0 bridgehead atoms. The van der Waals surface area contributed by atoms with Crippen molar-refractivity contribution in [3.05, 3.63) is 0 Å². The van der Waals surface area contributed by atoms with Crippen LogP contribution in [-0.2, 0) is 0 Å². The fraction of sp³-hybridized carbons (Fsp3) is 1.00. The molecule has 5 heteroatoms. The number of nitrogens with two attached hydrogens (primary N) is 1. The summed E-state index contributed by atoms with van der Waals surface area (Å²) in [6.45, 7) is 10.4. The predicted molar refractivity (Wildman–Crippen MR) is 68.4 cm³/mol. The lowest BCUT2D eigenvalue weighted by Gasteiger charge is -2.28. The summed E-state index contributed by atoms with van der Waals surface area (Å²) < 4.78 is 0. The van der Waals surface area contributed by atoms with Crippen molar-refractivity contribution in [2.45, 2.75) is 19.5 Å². The molecular weight excluding hydrogens is 202 g/mol. The van der Waals surface area contributed by atoms with Gasteiger partial charge in [0.1, 0.15) is 0 Å². The van der Waals surface area contributed by atoms with Gasteiger partial charge in [-0.2, -0.15) is 0 Å². The molecule has 0 saturated carbocycles. The van der Waals surface area contributed by atoms with E-state index in [1.165, 1.54) is 0 Å². The Morgan fingerprint density at radius 1 is 0.938 bits per heavy atom. The Morgan fingerprint density at radius 2 is 1.38 bits per heavy atom. The molecule has 1 heterocycles. The Hall–Kier alpha value is -0.200. The molecule has 96 valence electrons. The third-order valence-electron chi connectivity index (χ3n) is 3.00. The van der Waals surface area contributed by atoms with Gasteiger partial charge in [-0.05, 0) is 6.42 Å². The molecule has 5 nitrogen and oxygen atoms in total. The van der Waals surface area contributed by atoms with Gasteiger partial charge in [-0.3, -0.25) is 4.90 Å². The average molecular weight is 229 g/mol. The zero-order chi connectivity index (χ0) is 11.6. The topological polar surface area (TPSA) is 65.3 Å². The van der Waals surface area contributed by atoms with Gasteiger partial charge in [0.2, 0.25) is 0 Å². The van der Waals surface area contributed by atoms with Crippen LogP contribution in [0.3, 0.4) is 0 Å². The van der Waals surface area contributed by atoms with E-state index in [1.54, 1.807) is 0 Å². The van der Waals surface area contributed by atoms with Crippen LogP contribution in [0.25, 0.3) is 0 Å². The number of nitrogens with one attached hydrogen (secondary N) is 3. The Kier molecular flexibility index (Phi) is 7.71. The number of nitrogens with zero attached hydrogens (tertiary/aromatic N) is 1. The van der Waals surface area contributed by atoms with E-state index in [2.05, 4.69) is 27.8 Å². The highest BCUT2D eigenvalue weighted by atomic mass is 15.2. The molecule has 1 atom stereocenters. The van der Waals surface area contributed by atoms with E-state index in [0.29, 0.717) is 0 Å².